The van der Waals surface area contributed by atoms with Crippen molar-refractivity contribution < 1.29 is 28.9 Å². The molecular formula is C28H34ClN5O6. The topological polar surface area (TPSA) is 154 Å². The molecule has 2 amide bonds. The molecule has 0 aromatic heterocycles. The summed E-state index contributed by atoms with van der Waals surface area (Å²) in [4.78, 5) is 23.4. The van der Waals surface area contributed by atoms with Crippen LogP contribution in [0.1, 0.15) is 44.2 Å². The summed E-state index contributed by atoms with van der Waals surface area (Å²) >= 11 is 6.29. The third-order valence-corrected chi connectivity index (χ3v) is 6.00. The highest BCUT2D eigenvalue weighted by molar-refractivity contribution is 6.32. The lowest BCUT2D eigenvalue weighted by Crippen LogP contribution is -2.35. The molecule has 4 N–H and O–H groups in total. The summed E-state index contributed by atoms with van der Waals surface area (Å²) < 4.78 is 16.8. The van der Waals surface area contributed by atoms with E-state index in [-0.39, 0.29) is 37.7 Å². The number of aliphatic hydroxyl groups excluding tert-OH is 1. The third-order valence-electron chi connectivity index (χ3n) is 5.70. The lowest BCUT2D eigenvalue weighted by molar-refractivity contribution is -0.123. The van der Waals surface area contributed by atoms with Gasteiger partial charge in [0.25, 0.3) is 5.91 Å². The molecule has 2 aromatic carbocycles. The molecule has 40 heavy (non-hydrogen) atoms. The summed E-state index contributed by atoms with van der Waals surface area (Å²) in [6, 6.07) is 12.3. The first kappa shape index (κ1) is 30.7. The van der Waals surface area contributed by atoms with Gasteiger partial charge in [0.2, 0.25) is 5.91 Å². The second-order valence-corrected chi connectivity index (χ2v) is 9.78. The van der Waals surface area contributed by atoms with Crippen LogP contribution in [0.5, 0.6) is 17.2 Å². The molecule has 0 saturated heterocycles. The molecule has 3 rings (SSSR count). The van der Waals surface area contributed by atoms with Crippen LogP contribution in [0.4, 0.5) is 0 Å². The van der Waals surface area contributed by atoms with Gasteiger partial charge in [-0.15, -0.1) is 0 Å². The van der Waals surface area contributed by atoms with Crippen molar-refractivity contribution in [2.24, 2.45) is 5.10 Å². The summed E-state index contributed by atoms with van der Waals surface area (Å²) in [7, 11) is 0. The molecule has 0 bridgehead atoms. The number of hydrogen-bond acceptors (Lipinski definition) is 9. The molecule has 0 spiro atoms. The summed E-state index contributed by atoms with van der Waals surface area (Å²) in [5, 5.41) is 29.7. The molecule has 12 heteroatoms. The number of aliphatic hydroxyl groups is 1. The Morgan fingerprint density at radius 1 is 1.18 bits per heavy atom. The van der Waals surface area contributed by atoms with Gasteiger partial charge in [-0.2, -0.15) is 10.4 Å². The van der Waals surface area contributed by atoms with Crippen molar-refractivity contribution >= 4 is 29.1 Å². The van der Waals surface area contributed by atoms with Crippen LogP contribution in [-0.4, -0.2) is 67.7 Å². The third kappa shape index (κ3) is 10.0. The molecule has 0 fully saturated rings. The van der Waals surface area contributed by atoms with Crippen LogP contribution in [0.15, 0.2) is 41.5 Å². The smallest absolute Gasteiger partial charge is 0.257 e. The van der Waals surface area contributed by atoms with Gasteiger partial charge in [-0.1, -0.05) is 25.4 Å². The maximum atomic E-state index is 12.2. The number of benzene rings is 2. The zero-order chi connectivity index (χ0) is 28.9. The molecule has 1 atom stereocenters. The maximum Gasteiger partial charge on any atom is 0.257 e. The fourth-order valence-electron chi connectivity index (χ4n) is 3.59. The largest absolute Gasteiger partial charge is 0.492 e. The number of rotatable bonds is 15. The van der Waals surface area contributed by atoms with Crippen LogP contribution in [0.3, 0.4) is 0 Å². The zero-order valence-electron chi connectivity index (χ0n) is 22.5. The fraction of sp³-hybridized carbons (Fsp3) is 0.429. The summed E-state index contributed by atoms with van der Waals surface area (Å²) in [6.45, 7) is 4.92. The van der Waals surface area contributed by atoms with Gasteiger partial charge in [0, 0.05) is 38.0 Å². The Morgan fingerprint density at radius 2 is 1.98 bits per heavy atom. The van der Waals surface area contributed by atoms with Crippen molar-refractivity contribution in [3.63, 3.8) is 0 Å². The monoisotopic (exact) mass is 571 g/mol. The zero-order valence-corrected chi connectivity index (χ0v) is 23.3. The first-order chi connectivity index (χ1) is 19.2. The average Bonchev–Trinajstić information content (AvgIpc) is 2.94. The van der Waals surface area contributed by atoms with E-state index in [1.54, 1.807) is 36.4 Å². The number of nitriles is 1. The average molecular weight is 572 g/mol. The van der Waals surface area contributed by atoms with E-state index >= 15 is 0 Å². The minimum atomic E-state index is -0.671. The Morgan fingerprint density at radius 3 is 2.67 bits per heavy atom. The number of carbonyl (C=O) groups excluding carboxylic acids is 2. The van der Waals surface area contributed by atoms with Crippen LogP contribution in [0.25, 0.3) is 0 Å². The van der Waals surface area contributed by atoms with Gasteiger partial charge in [0.05, 0.1) is 22.9 Å². The van der Waals surface area contributed by atoms with E-state index in [1.807, 2.05) is 13.8 Å². The van der Waals surface area contributed by atoms with Gasteiger partial charge in [-0.3, -0.25) is 9.59 Å². The van der Waals surface area contributed by atoms with Gasteiger partial charge in [0.1, 0.15) is 36.0 Å². The minimum absolute atomic E-state index is 0.0996. The van der Waals surface area contributed by atoms with Crippen LogP contribution in [-0.2, 0) is 9.59 Å². The number of hydrogen-bond donors (Lipinski definition) is 4. The predicted octanol–water partition coefficient (Wildman–Crippen LogP) is 2.53. The minimum Gasteiger partial charge on any atom is -0.492 e. The molecule has 2 aromatic rings. The van der Waals surface area contributed by atoms with Gasteiger partial charge in [-0.25, -0.2) is 5.43 Å². The maximum absolute atomic E-state index is 12.2. The van der Waals surface area contributed by atoms with E-state index in [0.29, 0.717) is 60.2 Å². The number of amides is 2. The standard InChI is InChI=1S/C28H34ClN5O6/c1-18(2)32-15-21(35)16-39-22-5-8-25(20(12-22)14-30)38-11-3-10-31-28(37)17-40-26-7-4-19(13-23(26)29)24-6-9-27(36)34-33-24/h4-5,7-8,12-13,18,21,32,35H,3,6,9-11,15-17H2,1-2H3,(H,31,37)(H,34,36)/t21-/m0/s1. The Hall–Kier alpha value is -3.85. The molecular weight excluding hydrogens is 538 g/mol. The number of ether oxygens (including phenoxy) is 3. The van der Waals surface area contributed by atoms with Crippen LogP contribution in [0.2, 0.25) is 5.02 Å². The molecule has 0 aliphatic carbocycles. The highest BCUT2D eigenvalue weighted by atomic mass is 35.5. The van der Waals surface area contributed by atoms with Crippen LogP contribution in [0, 0.1) is 11.3 Å². The normalized spacial score (nSPS) is 13.6. The second-order valence-electron chi connectivity index (χ2n) is 9.38. The van der Waals surface area contributed by atoms with Crippen molar-refractivity contribution in [3.05, 3.63) is 52.5 Å². The van der Waals surface area contributed by atoms with Crippen molar-refractivity contribution in [3.8, 4) is 23.3 Å². The second kappa shape index (κ2) is 15.7. The molecule has 11 nitrogen and oxygen atoms in total. The molecule has 0 saturated carbocycles. The lowest BCUT2D eigenvalue weighted by Gasteiger charge is -2.15. The molecule has 0 radical (unpaired) electrons. The van der Waals surface area contributed by atoms with Gasteiger partial charge in [0.15, 0.2) is 6.61 Å². The van der Waals surface area contributed by atoms with E-state index in [2.05, 4.69) is 27.2 Å². The fourth-order valence-corrected chi connectivity index (χ4v) is 3.83. The predicted molar refractivity (Wildman–Crippen MR) is 150 cm³/mol. The van der Waals surface area contributed by atoms with Crippen molar-refractivity contribution in [1.82, 2.24) is 16.1 Å². The molecule has 214 valence electrons. The van der Waals surface area contributed by atoms with Crippen molar-refractivity contribution in [1.29, 1.82) is 5.26 Å². The van der Waals surface area contributed by atoms with Gasteiger partial charge >= 0.3 is 0 Å². The van der Waals surface area contributed by atoms with Gasteiger partial charge in [-0.05, 0) is 42.3 Å². The Labute approximate surface area is 238 Å². The number of halogens is 1. The summed E-state index contributed by atoms with van der Waals surface area (Å²) in [6.07, 6.45) is 0.727. The molecule has 1 heterocycles. The number of hydrazone groups is 1. The highest BCUT2D eigenvalue weighted by Crippen LogP contribution is 2.27. The van der Waals surface area contributed by atoms with Crippen LogP contribution >= 0.6 is 11.6 Å². The Bertz CT molecular complexity index is 1250. The van der Waals surface area contributed by atoms with E-state index in [0.717, 1.165) is 11.3 Å². The van der Waals surface area contributed by atoms with E-state index in [9.17, 15) is 20.0 Å². The molecule has 1 aliphatic heterocycles. The Kier molecular flexibility index (Phi) is 12.0. The summed E-state index contributed by atoms with van der Waals surface area (Å²) in [5.41, 5.74) is 4.26. The summed E-state index contributed by atoms with van der Waals surface area (Å²) in [5.74, 6) is 0.797. The number of carbonyl (C=O) groups is 2. The first-order valence-corrected chi connectivity index (χ1v) is 13.4. The Balaban J connectivity index is 1.35. The van der Waals surface area contributed by atoms with E-state index in [1.165, 1.54) is 0 Å². The van der Waals surface area contributed by atoms with Crippen molar-refractivity contribution in [2.75, 3.05) is 32.9 Å². The number of nitrogens with zero attached hydrogens (tertiary/aromatic N) is 2. The molecule has 0 unspecified atom stereocenters. The highest BCUT2D eigenvalue weighted by Gasteiger charge is 2.15. The molecule has 1 aliphatic rings. The van der Waals surface area contributed by atoms with Crippen LogP contribution < -0.4 is 30.3 Å². The quantitative estimate of drug-likeness (QED) is 0.238. The lowest BCUT2D eigenvalue weighted by atomic mass is 10.0. The first-order valence-electron chi connectivity index (χ1n) is 13.0. The number of nitrogens with one attached hydrogen (secondary N) is 3. The van der Waals surface area contributed by atoms with Gasteiger partial charge < -0.3 is 30.0 Å². The van der Waals surface area contributed by atoms with E-state index in [4.69, 9.17) is 25.8 Å². The SMILES string of the molecule is CC(C)NC[C@H](O)COc1ccc(OCCCNC(=O)COc2ccc(C3=NNC(=O)CC3)cc2Cl)c(C#N)c1. The van der Waals surface area contributed by atoms with E-state index < -0.39 is 6.10 Å². The van der Waals surface area contributed by atoms with Crippen molar-refractivity contribution in [2.45, 2.75) is 45.3 Å².